The van der Waals surface area contributed by atoms with Crippen molar-refractivity contribution in [1.82, 2.24) is 4.98 Å². The number of halogens is 1. The minimum absolute atomic E-state index is 0.591. The van der Waals surface area contributed by atoms with Crippen molar-refractivity contribution < 1.29 is 4.74 Å². The van der Waals surface area contributed by atoms with Crippen LogP contribution in [0.3, 0.4) is 0 Å². The summed E-state index contributed by atoms with van der Waals surface area (Å²) in [5.74, 6) is 0.790. The lowest BCUT2D eigenvalue weighted by molar-refractivity contribution is 0.331. The molecule has 0 atom stereocenters. The number of nitrogens with zero attached hydrogens (tertiary/aromatic N) is 1. The van der Waals surface area contributed by atoms with Gasteiger partial charge < -0.3 is 10.1 Å². The number of pyridine rings is 1. The van der Waals surface area contributed by atoms with Gasteiger partial charge in [-0.15, -0.1) is 0 Å². The van der Waals surface area contributed by atoms with Crippen LogP contribution in [-0.4, -0.2) is 18.1 Å². The van der Waals surface area contributed by atoms with Crippen molar-refractivity contribution in [3.63, 3.8) is 0 Å². The first-order valence-electron chi connectivity index (χ1n) is 5.79. The summed E-state index contributed by atoms with van der Waals surface area (Å²) in [6.45, 7) is 3.27. The SMILES string of the molecule is Cc1ccc(OCCNc2ccc(Cl)cc2)cn1. The number of hydrogen-bond donors (Lipinski definition) is 1. The van der Waals surface area contributed by atoms with Gasteiger partial charge in [0, 0.05) is 22.9 Å². The van der Waals surface area contributed by atoms with Crippen molar-refractivity contribution in [2.75, 3.05) is 18.5 Å². The third-order valence-electron chi connectivity index (χ3n) is 2.43. The summed E-state index contributed by atoms with van der Waals surface area (Å²) in [4.78, 5) is 4.17. The van der Waals surface area contributed by atoms with E-state index in [-0.39, 0.29) is 0 Å². The molecular formula is C14H15ClN2O. The van der Waals surface area contributed by atoms with Crippen LogP contribution in [-0.2, 0) is 0 Å². The van der Waals surface area contributed by atoms with Crippen LogP contribution in [0.2, 0.25) is 5.02 Å². The van der Waals surface area contributed by atoms with Gasteiger partial charge in [-0.3, -0.25) is 4.98 Å². The van der Waals surface area contributed by atoms with E-state index in [1.54, 1.807) is 6.20 Å². The number of anilines is 1. The van der Waals surface area contributed by atoms with E-state index in [1.807, 2.05) is 43.3 Å². The Kier molecular flexibility index (Phi) is 4.42. The molecule has 0 spiro atoms. The second-order valence-electron chi connectivity index (χ2n) is 3.92. The minimum Gasteiger partial charge on any atom is -0.490 e. The number of benzene rings is 1. The van der Waals surface area contributed by atoms with E-state index < -0.39 is 0 Å². The molecule has 0 amide bonds. The number of rotatable bonds is 5. The van der Waals surface area contributed by atoms with Gasteiger partial charge in [-0.25, -0.2) is 0 Å². The zero-order valence-electron chi connectivity index (χ0n) is 10.2. The van der Waals surface area contributed by atoms with Gasteiger partial charge in [0.1, 0.15) is 12.4 Å². The average Bonchev–Trinajstić information content (AvgIpc) is 2.39. The molecule has 0 aliphatic carbocycles. The summed E-state index contributed by atoms with van der Waals surface area (Å²) in [5.41, 5.74) is 2.02. The molecule has 0 saturated heterocycles. The van der Waals surface area contributed by atoms with E-state index in [4.69, 9.17) is 16.3 Å². The van der Waals surface area contributed by atoms with Crippen LogP contribution in [0, 0.1) is 6.92 Å². The van der Waals surface area contributed by atoms with Crippen molar-refractivity contribution in [2.45, 2.75) is 6.92 Å². The summed E-state index contributed by atoms with van der Waals surface area (Å²) < 4.78 is 5.56. The van der Waals surface area contributed by atoms with Gasteiger partial charge in [0.15, 0.2) is 0 Å². The largest absolute Gasteiger partial charge is 0.490 e. The van der Waals surface area contributed by atoms with Gasteiger partial charge in [0.25, 0.3) is 0 Å². The molecule has 1 aromatic carbocycles. The van der Waals surface area contributed by atoms with Crippen LogP contribution < -0.4 is 10.1 Å². The molecule has 1 aromatic heterocycles. The van der Waals surface area contributed by atoms with Crippen LogP contribution in [0.25, 0.3) is 0 Å². The van der Waals surface area contributed by atoms with Gasteiger partial charge in [0.2, 0.25) is 0 Å². The van der Waals surface area contributed by atoms with Gasteiger partial charge in [-0.05, 0) is 43.3 Å². The van der Waals surface area contributed by atoms with Gasteiger partial charge in [-0.1, -0.05) is 11.6 Å². The second-order valence-corrected chi connectivity index (χ2v) is 4.35. The molecule has 0 saturated carbocycles. The van der Waals surface area contributed by atoms with E-state index in [2.05, 4.69) is 10.3 Å². The molecule has 1 heterocycles. The van der Waals surface area contributed by atoms with Crippen molar-refractivity contribution in [1.29, 1.82) is 0 Å². The fourth-order valence-corrected chi connectivity index (χ4v) is 1.60. The highest BCUT2D eigenvalue weighted by molar-refractivity contribution is 6.30. The number of nitrogens with one attached hydrogen (secondary N) is 1. The summed E-state index contributed by atoms with van der Waals surface area (Å²) in [5, 5.41) is 3.99. The summed E-state index contributed by atoms with van der Waals surface area (Å²) in [6.07, 6.45) is 1.73. The van der Waals surface area contributed by atoms with E-state index in [0.29, 0.717) is 6.61 Å². The van der Waals surface area contributed by atoms with Crippen molar-refractivity contribution in [2.24, 2.45) is 0 Å². The molecule has 0 aliphatic heterocycles. The smallest absolute Gasteiger partial charge is 0.137 e. The number of ether oxygens (including phenoxy) is 1. The monoisotopic (exact) mass is 262 g/mol. The third kappa shape index (κ3) is 3.93. The third-order valence-corrected chi connectivity index (χ3v) is 2.68. The Balaban J connectivity index is 1.73. The van der Waals surface area contributed by atoms with Gasteiger partial charge in [0.05, 0.1) is 6.20 Å². The molecule has 4 heteroatoms. The molecule has 0 bridgehead atoms. The molecule has 0 fully saturated rings. The summed E-state index contributed by atoms with van der Waals surface area (Å²) in [7, 11) is 0. The maximum atomic E-state index is 5.81. The Bertz CT molecular complexity index is 435. The second kappa shape index (κ2) is 6.26. The number of aryl methyl sites for hydroxylation is 1. The Morgan fingerprint density at radius 3 is 2.61 bits per heavy atom. The first-order chi connectivity index (χ1) is 8.74. The molecule has 2 aromatic rings. The van der Waals surface area contributed by atoms with Crippen LogP contribution in [0.4, 0.5) is 5.69 Å². The summed E-state index contributed by atoms with van der Waals surface area (Å²) >= 11 is 5.81. The molecule has 0 unspecified atom stereocenters. The highest BCUT2D eigenvalue weighted by atomic mass is 35.5. The lowest BCUT2D eigenvalue weighted by Gasteiger charge is -2.08. The highest BCUT2D eigenvalue weighted by Crippen LogP contribution is 2.13. The summed E-state index contributed by atoms with van der Waals surface area (Å²) in [6, 6.07) is 11.4. The Hall–Kier alpha value is -1.74. The quantitative estimate of drug-likeness (QED) is 0.837. The van der Waals surface area contributed by atoms with Crippen molar-refractivity contribution >= 4 is 17.3 Å². The predicted molar refractivity (Wildman–Crippen MR) is 74.4 cm³/mol. The van der Waals surface area contributed by atoms with Crippen molar-refractivity contribution in [3.8, 4) is 5.75 Å². The fourth-order valence-electron chi connectivity index (χ4n) is 1.47. The fraction of sp³-hybridized carbons (Fsp3) is 0.214. The van der Waals surface area contributed by atoms with Crippen molar-refractivity contribution in [3.05, 3.63) is 53.3 Å². The Morgan fingerprint density at radius 2 is 1.94 bits per heavy atom. The normalized spacial score (nSPS) is 10.1. The molecule has 0 aliphatic rings. The zero-order valence-corrected chi connectivity index (χ0v) is 10.9. The van der Waals surface area contributed by atoms with E-state index in [0.717, 1.165) is 28.7 Å². The van der Waals surface area contributed by atoms with E-state index in [9.17, 15) is 0 Å². The maximum Gasteiger partial charge on any atom is 0.137 e. The van der Waals surface area contributed by atoms with Gasteiger partial charge in [-0.2, -0.15) is 0 Å². The lowest BCUT2D eigenvalue weighted by Crippen LogP contribution is -2.11. The number of hydrogen-bond acceptors (Lipinski definition) is 3. The molecular weight excluding hydrogens is 248 g/mol. The van der Waals surface area contributed by atoms with Crippen LogP contribution in [0.15, 0.2) is 42.6 Å². The first-order valence-corrected chi connectivity index (χ1v) is 6.17. The highest BCUT2D eigenvalue weighted by Gasteiger charge is 1.95. The number of aromatic nitrogens is 1. The molecule has 18 heavy (non-hydrogen) atoms. The van der Waals surface area contributed by atoms with Crippen LogP contribution >= 0.6 is 11.6 Å². The molecule has 1 N–H and O–H groups in total. The van der Waals surface area contributed by atoms with Gasteiger partial charge >= 0.3 is 0 Å². The molecule has 94 valence electrons. The van der Waals surface area contributed by atoms with Crippen LogP contribution in [0.5, 0.6) is 5.75 Å². The Labute approximate surface area is 112 Å². The Morgan fingerprint density at radius 1 is 1.17 bits per heavy atom. The predicted octanol–water partition coefficient (Wildman–Crippen LogP) is 3.53. The lowest BCUT2D eigenvalue weighted by atomic mass is 10.3. The molecule has 2 rings (SSSR count). The van der Waals surface area contributed by atoms with Crippen LogP contribution in [0.1, 0.15) is 5.69 Å². The minimum atomic E-state index is 0.591. The standard InChI is InChI=1S/C14H15ClN2O/c1-11-2-7-14(10-17-11)18-9-8-16-13-5-3-12(15)4-6-13/h2-7,10,16H,8-9H2,1H3. The maximum absolute atomic E-state index is 5.81. The van der Waals surface area contributed by atoms with E-state index >= 15 is 0 Å². The topological polar surface area (TPSA) is 34.1 Å². The molecule has 3 nitrogen and oxygen atoms in total. The first kappa shape index (κ1) is 12.7. The van der Waals surface area contributed by atoms with E-state index in [1.165, 1.54) is 0 Å². The zero-order chi connectivity index (χ0) is 12.8. The molecule has 0 radical (unpaired) electrons. The average molecular weight is 263 g/mol.